The van der Waals surface area contributed by atoms with Crippen LogP contribution in [0.15, 0.2) is 36.4 Å². The number of carbonyl (C=O) groups is 1. The second-order valence-corrected chi connectivity index (χ2v) is 8.94. The Morgan fingerprint density at radius 1 is 1.27 bits per heavy atom. The van der Waals surface area contributed by atoms with Gasteiger partial charge in [0.25, 0.3) is 5.69 Å². The number of carboxylic acids is 1. The molecule has 8 nitrogen and oxygen atoms in total. The van der Waals surface area contributed by atoms with E-state index in [0.717, 1.165) is 30.3 Å². The van der Waals surface area contributed by atoms with Crippen LogP contribution in [0.2, 0.25) is 5.02 Å². The molecule has 0 saturated heterocycles. The maximum absolute atomic E-state index is 13.0. The zero-order chi connectivity index (χ0) is 22.7. The molecule has 0 aliphatic heterocycles. The molecule has 162 valence electrons. The molecule has 0 spiro atoms. The largest absolute Gasteiger partial charge is 0.480 e. The number of hydrogen-bond donors (Lipinski definition) is 1. The van der Waals surface area contributed by atoms with Crippen molar-refractivity contribution in [3.05, 3.63) is 57.1 Å². The molecule has 2 aromatic carbocycles. The Hall–Kier alpha value is -2.62. The van der Waals surface area contributed by atoms with Crippen molar-refractivity contribution in [2.45, 2.75) is 13.1 Å². The Kier molecular flexibility index (Phi) is 7.12. The molecular weight excluding hydrogens is 454 g/mol. The third-order valence-electron chi connectivity index (χ3n) is 3.81. The molecule has 1 N–H and O–H groups in total. The quantitative estimate of drug-likeness (QED) is 0.327. The van der Waals surface area contributed by atoms with Gasteiger partial charge < -0.3 is 14.4 Å². The minimum atomic E-state index is -4.61. The van der Waals surface area contributed by atoms with Gasteiger partial charge in [-0.25, -0.2) is 4.79 Å². The average molecular weight is 468 g/mol. The van der Waals surface area contributed by atoms with Crippen LogP contribution >= 0.6 is 19.0 Å². The highest BCUT2D eigenvalue weighted by Crippen LogP contribution is 2.48. The molecule has 30 heavy (non-hydrogen) atoms. The first-order valence-corrected chi connectivity index (χ1v) is 10.3. The Morgan fingerprint density at radius 3 is 2.43 bits per heavy atom. The summed E-state index contributed by atoms with van der Waals surface area (Å²) >= 11 is 5.83. The number of aliphatic carboxylic acids is 1. The molecule has 0 aromatic heterocycles. The van der Waals surface area contributed by atoms with Crippen molar-refractivity contribution >= 4 is 35.9 Å². The van der Waals surface area contributed by atoms with Crippen LogP contribution in [-0.4, -0.2) is 28.8 Å². The number of nitro benzene ring substituents is 1. The third-order valence-corrected chi connectivity index (χ3v) is 6.58. The van der Waals surface area contributed by atoms with Gasteiger partial charge in [0, 0.05) is 18.3 Å². The lowest BCUT2D eigenvalue weighted by atomic mass is 10.2. The molecule has 13 heteroatoms. The molecule has 0 aliphatic rings. The Bertz CT molecular complexity index is 1030. The normalized spacial score (nSPS) is 13.5. The molecular formula is C17H14ClF3NO7P. The van der Waals surface area contributed by atoms with E-state index < -0.39 is 47.6 Å². The van der Waals surface area contributed by atoms with E-state index in [0.29, 0.717) is 6.07 Å². The lowest BCUT2D eigenvalue weighted by Gasteiger charge is -2.17. The number of ether oxygens (including phenoxy) is 1. The summed E-state index contributed by atoms with van der Waals surface area (Å²) in [6, 6.07) is 5.46. The molecule has 0 radical (unpaired) electrons. The van der Waals surface area contributed by atoms with Crippen LogP contribution < -0.4 is 10.0 Å². The predicted molar refractivity (Wildman–Crippen MR) is 101 cm³/mol. The minimum absolute atomic E-state index is 0.121. The summed E-state index contributed by atoms with van der Waals surface area (Å²) in [6.45, 7) is 0.449. The highest BCUT2D eigenvalue weighted by Gasteiger charge is 2.34. The number of alkyl halides is 3. The van der Waals surface area contributed by atoms with Gasteiger partial charge in [0.15, 0.2) is 6.61 Å². The van der Waals surface area contributed by atoms with Gasteiger partial charge in [0.2, 0.25) is 7.37 Å². The van der Waals surface area contributed by atoms with E-state index >= 15 is 0 Å². The van der Waals surface area contributed by atoms with Gasteiger partial charge in [-0.05, 0) is 24.3 Å². The summed E-state index contributed by atoms with van der Waals surface area (Å²) in [5, 5.41) is 19.3. The molecule has 0 amide bonds. The molecule has 1 unspecified atom stereocenters. The van der Waals surface area contributed by atoms with E-state index in [-0.39, 0.29) is 22.7 Å². The van der Waals surface area contributed by atoms with Gasteiger partial charge in [-0.15, -0.1) is 0 Å². The van der Waals surface area contributed by atoms with Crippen LogP contribution in [-0.2, 0) is 20.1 Å². The number of halogens is 4. The first-order valence-electron chi connectivity index (χ1n) is 8.16. The maximum Gasteiger partial charge on any atom is 0.416 e. The van der Waals surface area contributed by atoms with Crippen LogP contribution in [0, 0.1) is 10.1 Å². The zero-order valence-corrected chi connectivity index (χ0v) is 16.8. The number of benzene rings is 2. The van der Waals surface area contributed by atoms with E-state index in [1.165, 1.54) is 6.92 Å². The summed E-state index contributed by atoms with van der Waals surface area (Å²) in [6.07, 6.45) is -4.86. The van der Waals surface area contributed by atoms with Crippen LogP contribution in [0.5, 0.6) is 11.5 Å². The number of rotatable bonds is 8. The Balaban J connectivity index is 2.46. The predicted octanol–water partition coefficient (Wildman–Crippen LogP) is 5.08. The van der Waals surface area contributed by atoms with Crippen LogP contribution in [0.25, 0.3) is 0 Å². The Morgan fingerprint density at radius 2 is 1.93 bits per heavy atom. The average Bonchev–Trinajstić information content (AvgIpc) is 2.66. The SMILES string of the molecule is CCP(=O)(OCC(=O)O)c1cc(Oc2ccc(C(F)(F)F)cc2Cl)ccc1[N+](=O)[O-]. The fourth-order valence-electron chi connectivity index (χ4n) is 2.37. The molecule has 0 bridgehead atoms. The summed E-state index contributed by atoms with van der Waals surface area (Å²) < 4.78 is 61.6. The van der Waals surface area contributed by atoms with Crippen molar-refractivity contribution in [2.75, 3.05) is 12.8 Å². The minimum Gasteiger partial charge on any atom is -0.480 e. The highest BCUT2D eigenvalue weighted by molar-refractivity contribution is 7.67. The van der Waals surface area contributed by atoms with E-state index in [9.17, 15) is 32.6 Å². The standard InChI is InChI=1S/C17H14ClF3NO7P/c1-2-30(27,28-9-16(23)24)15-8-11(4-5-13(15)22(25)26)29-14-6-3-10(7-12(14)18)17(19,20)21/h3-8H,2,9H2,1H3,(H,23,24). The van der Waals surface area contributed by atoms with Gasteiger partial charge in [-0.1, -0.05) is 18.5 Å². The van der Waals surface area contributed by atoms with Crippen LogP contribution in [0.4, 0.5) is 18.9 Å². The first kappa shape index (κ1) is 23.7. The summed E-state index contributed by atoms with van der Waals surface area (Å²) in [5.74, 6) is -1.72. The highest BCUT2D eigenvalue weighted by atomic mass is 35.5. The summed E-state index contributed by atoms with van der Waals surface area (Å²) in [4.78, 5) is 21.3. The molecule has 0 heterocycles. The van der Waals surface area contributed by atoms with E-state index in [2.05, 4.69) is 0 Å². The van der Waals surface area contributed by atoms with Gasteiger partial charge in [0.05, 0.1) is 15.5 Å². The topological polar surface area (TPSA) is 116 Å². The maximum atomic E-state index is 13.0. The van der Waals surface area contributed by atoms with Gasteiger partial charge in [0.1, 0.15) is 16.8 Å². The van der Waals surface area contributed by atoms with Crippen molar-refractivity contribution in [2.24, 2.45) is 0 Å². The number of hydrogen-bond acceptors (Lipinski definition) is 6. The summed E-state index contributed by atoms with van der Waals surface area (Å²) in [5.41, 5.74) is -1.58. The molecule has 0 fully saturated rings. The lowest BCUT2D eigenvalue weighted by Crippen LogP contribution is -2.17. The molecule has 0 aliphatic carbocycles. The van der Waals surface area contributed by atoms with Gasteiger partial charge in [-0.2, -0.15) is 13.2 Å². The molecule has 2 aromatic rings. The zero-order valence-electron chi connectivity index (χ0n) is 15.2. The van der Waals surface area contributed by atoms with E-state index in [4.69, 9.17) is 26.0 Å². The molecule has 1 atom stereocenters. The monoisotopic (exact) mass is 467 g/mol. The number of nitrogens with zero attached hydrogens (tertiary/aromatic N) is 1. The fourth-order valence-corrected chi connectivity index (χ4v) is 4.40. The second kappa shape index (κ2) is 9.03. The van der Waals surface area contributed by atoms with E-state index in [1.54, 1.807) is 0 Å². The van der Waals surface area contributed by atoms with Gasteiger partial charge >= 0.3 is 12.1 Å². The lowest BCUT2D eigenvalue weighted by molar-refractivity contribution is -0.383. The van der Waals surface area contributed by atoms with Gasteiger partial charge in [-0.3, -0.25) is 14.7 Å². The third kappa shape index (κ3) is 5.50. The van der Waals surface area contributed by atoms with Crippen molar-refractivity contribution in [3.63, 3.8) is 0 Å². The molecule has 2 rings (SSSR count). The number of carboxylic acid groups (broad SMARTS) is 1. The fraction of sp³-hybridized carbons (Fsp3) is 0.235. The van der Waals surface area contributed by atoms with Crippen LogP contribution in [0.3, 0.4) is 0 Å². The second-order valence-electron chi connectivity index (χ2n) is 5.81. The van der Waals surface area contributed by atoms with Crippen molar-refractivity contribution < 1.29 is 41.8 Å². The number of nitro groups is 1. The van der Waals surface area contributed by atoms with Crippen molar-refractivity contribution in [1.29, 1.82) is 0 Å². The molecule has 0 saturated carbocycles. The summed E-state index contributed by atoms with van der Waals surface area (Å²) in [7, 11) is -3.96. The van der Waals surface area contributed by atoms with Crippen molar-refractivity contribution in [3.8, 4) is 11.5 Å². The van der Waals surface area contributed by atoms with Crippen molar-refractivity contribution in [1.82, 2.24) is 0 Å². The van der Waals surface area contributed by atoms with E-state index in [1.807, 2.05) is 0 Å². The smallest absolute Gasteiger partial charge is 0.416 e. The van der Waals surface area contributed by atoms with Crippen LogP contribution in [0.1, 0.15) is 12.5 Å². The first-order chi connectivity index (χ1) is 13.9. The Labute approximate surface area is 172 Å².